The lowest BCUT2D eigenvalue weighted by Gasteiger charge is -2.24. The number of halogens is 1. The van der Waals surface area contributed by atoms with E-state index in [1.165, 1.54) is 5.56 Å². The quantitative estimate of drug-likeness (QED) is 0.770. The van der Waals surface area contributed by atoms with E-state index in [1.807, 2.05) is 19.1 Å². The lowest BCUT2D eigenvalue weighted by molar-refractivity contribution is -0.150. The van der Waals surface area contributed by atoms with Crippen LogP contribution >= 0.6 is 15.9 Å². The van der Waals surface area contributed by atoms with Crippen LogP contribution in [0.25, 0.3) is 0 Å². The van der Waals surface area contributed by atoms with Gasteiger partial charge >= 0.3 is 0 Å². The molecule has 1 saturated heterocycles. The third-order valence-corrected chi connectivity index (χ3v) is 3.57. The van der Waals surface area contributed by atoms with Gasteiger partial charge in [0.05, 0.1) is 13.2 Å². The van der Waals surface area contributed by atoms with Crippen molar-refractivity contribution in [3.63, 3.8) is 0 Å². The predicted molar refractivity (Wildman–Crippen MR) is 58.1 cm³/mol. The summed E-state index contributed by atoms with van der Waals surface area (Å²) in [5.74, 6) is -0.579. The summed E-state index contributed by atoms with van der Waals surface area (Å²) in [5, 5.41) is 0. The molecule has 0 saturated carbocycles. The Labute approximate surface area is 92.3 Å². The summed E-state index contributed by atoms with van der Waals surface area (Å²) < 4.78 is 12.3. The summed E-state index contributed by atoms with van der Waals surface area (Å²) in [5.41, 5.74) is 2.26. The van der Waals surface area contributed by atoms with Crippen molar-refractivity contribution in [2.45, 2.75) is 19.6 Å². The predicted octanol–water partition coefficient (Wildman–Crippen LogP) is 2.98. The highest BCUT2D eigenvalue weighted by Crippen LogP contribution is 2.36. The molecule has 0 aromatic heterocycles. The Hall–Kier alpha value is -0.380. The summed E-state index contributed by atoms with van der Waals surface area (Å²) in [6, 6.07) is 6.11. The fourth-order valence-electron chi connectivity index (χ4n) is 1.67. The van der Waals surface area contributed by atoms with Gasteiger partial charge in [-0.3, -0.25) is 0 Å². The summed E-state index contributed by atoms with van der Waals surface area (Å²) in [7, 11) is 0. The number of ether oxygens (including phenoxy) is 2. The van der Waals surface area contributed by atoms with Crippen LogP contribution in [0.15, 0.2) is 22.7 Å². The van der Waals surface area contributed by atoms with Crippen molar-refractivity contribution in [1.82, 2.24) is 0 Å². The van der Waals surface area contributed by atoms with Crippen LogP contribution in [0.4, 0.5) is 0 Å². The molecule has 3 heteroatoms. The fourth-order valence-corrected chi connectivity index (χ4v) is 2.29. The second-order valence-corrected chi connectivity index (χ2v) is 4.37. The third-order valence-electron chi connectivity index (χ3n) is 2.52. The van der Waals surface area contributed by atoms with E-state index in [-0.39, 0.29) is 0 Å². The molecule has 0 amide bonds. The number of benzene rings is 1. The zero-order chi connectivity index (χ0) is 10.2. The Balaban J connectivity index is 2.45. The van der Waals surface area contributed by atoms with Gasteiger partial charge in [0.25, 0.3) is 0 Å². The first-order chi connectivity index (χ1) is 6.63. The van der Waals surface area contributed by atoms with Gasteiger partial charge in [0.1, 0.15) is 0 Å². The van der Waals surface area contributed by atoms with Gasteiger partial charge in [0, 0.05) is 10.0 Å². The van der Waals surface area contributed by atoms with Crippen LogP contribution in [0.2, 0.25) is 0 Å². The van der Waals surface area contributed by atoms with E-state index >= 15 is 0 Å². The summed E-state index contributed by atoms with van der Waals surface area (Å²) in [6.45, 7) is 5.35. The van der Waals surface area contributed by atoms with E-state index in [2.05, 4.69) is 28.9 Å². The molecular weight excluding hydrogens is 244 g/mol. The summed E-state index contributed by atoms with van der Waals surface area (Å²) in [6.07, 6.45) is 0. The normalized spacial score (nSPS) is 19.9. The molecule has 76 valence electrons. The van der Waals surface area contributed by atoms with Crippen molar-refractivity contribution < 1.29 is 9.47 Å². The number of aryl methyl sites for hydroxylation is 1. The summed E-state index contributed by atoms with van der Waals surface area (Å²) in [4.78, 5) is 0. The van der Waals surface area contributed by atoms with Gasteiger partial charge in [-0.05, 0) is 19.4 Å². The van der Waals surface area contributed by atoms with Gasteiger partial charge in [-0.25, -0.2) is 0 Å². The Morgan fingerprint density at radius 1 is 1.29 bits per heavy atom. The van der Waals surface area contributed by atoms with Gasteiger partial charge in [0.15, 0.2) is 5.79 Å². The van der Waals surface area contributed by atoms with E-state index in [4.69, 9.17) is 9.47 Å². The van der Waals surface area contributed by atoms with E-state index < -0.39 is 5.79 Å². The molecule has 1 heterocycles. The van der Waals surface area contributed by atoms with Crippen LogP contribution in [-0.4, -0.2) is 13.2 Å². The average molecular weight is 257 g/mol. The van der Waals surface area contributed by atoms with Crippen LogP contribution < -0.4 is 0 Å². The zero-order valence-corrected chi connectivity index (χ0v) is 9.93. The van der Waals surface area contributed by atoms with Crippen molar-refractivity contribution >= 4 is 15.9 Å². The first-order valence-corrected chi connectivity index (χ1v) is 5.46. The highest BCUT2D eigenvalue weighted by atomic mass is 79.9. The molecule has 14 heavy (non-hydrogen) atoms. The fraction of sp³-hybridized carbons (Fsp3) is 0.455. The van der Waals surface area contributed by atoms with Gasteiger partial charge in [-0.2, -0.15) is 0 Å². The SMILES string of the molecule is Cc1cccc(C2(C)OCCO2)c1Br. The molecule has 0 bridgehead atoms. The minimum absolute atomic E-state index is 0.579. The zero-order valence-electron chi connectivity index (χ0n) is 8.34. The Morgan fingerprint density at radius 3 is 2.57 bits per heavy atom. The van der Waals surface area contributed by atoms with E-state index in [1.54, 1.807) is 0 Å². The molecule has 0 atom stereocenters. The van der Waals surface area contributed by atoms with Crippen molar-refractivity contribution in [3.8, 4) is 0 Å². The maximum Gasteiger partial charge on any atom is 0.193 e. The highest BCUT2D eigenvalue weighted by Gasteiger charge is 2.34. The number of hydrogen-bond donors (Lipinski definition) is 0. The van der Waals surface area contributed by atoms with Gasteiger partial charge in [-0.1, -0.05) is 34.1 Å². The Morgan fingerprint density at radius 2 is 1.93 bits per heavy atom. The molecule has 0 N–H and O–H groups in total. The van der Waals surface area contributed by atoms with Crippen LogP contribution in [0.5, 0.6) is 0 Å². The molecule has 2 nitrogen and oxygen atoms in total. The maximum absolute atomic E-state index is 5.61. The first kappa shape index (κ1) is 10.1. The molecule has 0 aliphatic carbocycles. The average Bonchev–Trinajstić information content (AvgIpc) is 2.58. The Bertz CT molecular complexity index is 343. The van der Waals surface area contributed by atoms with Crippen molar-refractivity contribution in [2.24, 2.45) is 0 Å². The maximum atomic E-state index is 5.61. The minimum atomic E-state index is -0.579. The minimum Gasteiger partial charge on any atom is -0.344 e. The number of hydrogen-bond acceptors (Lipinski definition) is 2. The second kappa shape index (κ2) is 3.65. The molecule has 1 aliphatic heterocycles. The van der Waals surface area contributed by atoms with Gasteiger partial charge < -0.3 is 9.47 Å². The monoisotopic (exact) mass is 256 g/mol. The van der Waals surface area contributed by atoms with Crippen LogP contribution in [0.1, 0.15) is 18.1 Å². The molecule has 1 aromatic rings. The highest BCUT2D eigenvalue weighted by molar-refractivity contribution is 9.10. The van der Waals surface area contributed by atoms with Gasteiger partial charge in [0.2, 0.25) is 0 Å². The largest absolute Gasteiger partial charge is 0.344 e. The third kappa shape index (κ3) is 1.60. The number of rotatable bonds is 1. The smallest absolute Gasteiger partial charge is 0.193 e. The molecule has 1 aliphatic rings. The van der Waals surface area contributed by atoms with Crippen molar-refractivity contribution in [1.29, 1.82) is 0 Å². The van der Waals surface area contributed by atoms with E-state index in [0.29, 0.717) is 13.2 Å². The molecule has 1 aromatic carbocycles. The first-order valence-electron chi connectivity index (χ1n) is 4.67. The molecule has 1 fully saturated rings. The topological polar surface area (TPSA) is 18.5 Å². The van der Waals surface area contributed by atoms with E-state index in [9.17, 15) is 0 Å². The second-order valence-electron chi connectivity index (χ2n) is 3.58. The van der Waals surface area contributed by atoms with Crippen molar-refractivity contribution in [3.05, 3.63) is 33.8 Å². The molecule has 2 rings (SSSR count). The van der Waals surface area contributed by atoms with Crippen molar-refractivity contribution in [2.75, 3.05) is 13.2 Å². The van der Waals surface area contributed by atoms with E-state index in [0.717, 1.165) is 10.0 Å². The van der Waals surface area contributed by atoms with Crippen LogP contribution in [0.3, 0.4) is 0 Å². The summed E-state index contributed by atoms with van der Waals surface area (Å²) >= 11 is 3.57. The standard InChI is InChI=1S/C11H13BrO2/c1-8-4-3-5-9(10(8)12)11(2)13-6-7-14-11/h3-5H,6-7H2,1-2H3. The van der Waals surface area contributed by atoms with Crippen LogP contribution in [-0.2, 0) is 15.3 Å². The van der Waals surface area contributed by atoms with Crippen LogP contribution in [0, 0.1) is 6.92 Å². The molecule has 0 radical (unpaired) electrons. The molecule has 0 unspecified atom stereocenters. The molecule has 0 spiro atoms. The Kier molecular flexibility index (Phi) is 2.64. The lowest BCUT2D eigenvalue weighted by Crippen LogP contribution is -2.23. The molecular formula is C11H13BrO2. The lowest BCUT2D eigenvalue weighted by atomic mass is 10.1. The van der Waals surface area contributed by atoms with Gasteiger partial charge in [-0.15, -0.1) is 0 Å².